The van der Waals surface area contributed by atoms with Crippen molar-refractivity contribution >= 4 is 33.1 Å². The third-order valence-electron chi connectivity index (χ3n) is 6.29. The van der Waals surface area contributed by atoms with Gasteiger partial charge in [0, 0.05) is 30.6 Å². The minimum absolute atomic E-state index is 0.0368. The summed E-state index contributed by atoms with van der Waals surface area (Å²) in [4.78, 5) is 6.10. The van der Waals surface area contributed by atoms with Gasteiger partial charge in [0.15, 0.2) is 10.7 Å². The van der Waals surface area contributed by atoms with E-state index >= 15 is 4.39 Å². The lowest BCUT2D eigenvalue weighted by atomic mass is 9.63. The SMILES string of the molecule is CN(C)[C@@H]1CC[C@@]12CCN(c1cc(F)c(S(=O)(=O)Nc3cccc(F)n3)c(F)c1Cl)C2. The number of hydrogen-bond donors (Lipinski definition) is 1. The zero-order chi connectivity index (χ0) is 22.6. The zero-order valence-corrected chi connectivity index (χ0v) is 18.6. The van der Waals surface area contributed by atoms with Gasteiger partial charge < -0.3 is 9.80 Å². The van der Waals surface area contributed by atoms with Crippen LogP contribution in [0.4, 0.5) is 24.7 Å². The fourth-order valence-electron chi connectivity index (χ4n) is 4.76. The highest BCUT2D eigenvalue weighted by Gasteiger charge is 2.52. The molecule has 1 spiro atoms. The van der Waals surface area contributed by atoms with Gasteiger partial charge in [0.1, 0.15) is 16.7 Å². The fraction of sp³-hybridized carbons (Fsp3) is 0.450. The molecule has 11 heteroatoms. The molecule has 2 aromatic rings. The highest BCUT2D eigenvalue weighted by molar-refractivity contribution is 7.92. The van der Waals surface area contributed by atoms with Crippen LogP contribution in [0.1, 0.15) is 19.3 Å². The van der Waals surface area contributed by atoms with Crippen LogP contribution in [0, 0.1) is 23.0 Å². The molecular formula is C20H22ClF3N4O2S. The van der Waals surface area contributed by atoms with Gasteiger partial charge in [-0.3, -0.25) is 4.72 Å². The van der Waals surface area contributed by atoms with E-state index in [0.717, 1.165) is 37.5 Å². The quantitative estimate of drug-likeness (QED) is 0.526. The van der Waals surface area contributed by atoms with Crippen molar-refractivity contribution in [3.63, 3.8) is 0 Å². The Hall–Kier alpha value is -2.04. The molecule has 0 amide bonds. The summed E-state index contributed by atoms with van der Waals surface area (Å²) in [6.07, 6.45) is 2.95. The van der Waals surface area contributed by atoms with Crippen molar-refractivity contribution in [3.8, 4) is 0 Å². The summed E-state index contributed by atoms with van der Waals surface area (Å²) < 4.78 is 70.2. The van der Waals surface area contributed by atoms with E-state index in [9.17, 15) is 17.2 Å². The Morgan fingerprint density at radius 2 is 2.00 bits per heavy atom. The molecule has 0 unspecified atom stereocenters. The number of benzene rings is 1. The van der Waals surface area contributed by atoms with Crippen LogP contribution < -0.4 is 9.62 Å². The third kappa shape index (κ3) is 3.85. The van der Waals surface area contributed by atoms with Crippen molar-refractivity contribution in [3.05, 3.63) is 46.9 Å². The number of pyridine rings is 1. The molecule has 4 rings (SSSR count). The molecule has 2 heterocycles. The third-order valence-corrected chi connectivity index (χ3v) is 8.04. The molecule has 31 heavy (non-hydrogen) atoms. The second-order valence-corrected chi connectivity index (χ2v) is 10.3. The minimum atomic E-state index is -4.73. The van der Waals surface area contributed by atoms with Gasteiger partial charge in [-0.2, -0.15) is 4.39 Å². The molecule has 2 aliphatic rings. The van der Waals surface area contributed by atoms with Gasteiger partial charge in [-0.25, -0.2) is 22.2 Å². The highest BCUT2D eigenvalue weighted by Crippen LogP contribution is 2.51. The molecule has 2 fully saturated rings. The number of anilines is 2. The lowest BCUT2D eigenvalue weighted by Crippen LogP contribution is -2.54. The van der Waals surface area contributed by atoms with E-state index in [1.54, 1.807) is 0 Å². The Bertz CT molecular complexity index is 1130. The zero-order valence-electron chi connectivity index (χ0n) is 17.0. The predicted molar refractivity (Wildman–Crippen MR) is 112 cm³/mol. The van der Waals surface area contributed by atoms with E-state index in [1.165, 1.54) is 6.07 Å². The van der Waals surface area contributed by atoms with Crippen LogP contribution in [0.15, 0.2) is 29.2 Å². The summed E-state index contributed by atoms with van der Waals surface area (Å²) in [6, 6.07) is 4.72. The van der Waals surface area contributed by atoms with Crippen LogP contribution in [0.5, 0.6) is 0 Å². The Morgan fingerprint density at radius 3 is 2.61 bits per heavy atom. The lowest BCUT2D eigenvalue weighted by molar-refractivity contribution is 0.0177. The summed E-state index contributed by atoms with van der Waals surface area (Å²) in [5.41, 5.74) is 0.163. The summed E-state index contributed by atoms with van der Waals surface area (Å²) in [6.45, 7) is 1.16. The highest BCUT2D eigenvalue weighted by atomic mass is 35.5. The van der Waals surface area contributed by atoms with E-state index in [0.29, 0.717) is 19.1 Å². The summed E-state index contributed by atoms with van der Waals surface area (Å²) in [5.74, 6) is -4.01. The minimum Gasteiger partial charge on any atom is -0.370 e. The molecule has 0 bridgehead atoms. The normalized spacial score (nSPS) is 23.5. The van der Waals surface area contributed by atoms with Gasteiger partial charge in [0.05, 0.1) is 5.69 Å². The molecule has 1 N–H and O–H groups in total. The maximum atomic E-state index is 15.0. The number of rotatable bonds is 5. The average Bonchev–Trinajstić information content (AvgIpc) is 3.10. The average molecular weight is 475 g/mol. The van der Waals surface area contributed by atoms with Gasteiger partial charge >= 0.3 is 0 Å². The van der Waals surface area contributed by atoms with Crippen LogP contribution >= 0.6 is 11.6 Å². The standard InChI is InChI=1S/C20H22ClF3N4O2S/c1-27(2)14-6-7-20(14)8-9-28(11-20)13-10-12(22)19(18(24)17(13)21)31(29,30)26-16-5-3-4-15(23)25-16/h3-5,10,14H,6-9,11H2,1-2H3,(H,25,26)/t14-,20+/m1/s1. The van der Waals surface area contributed by atoms with Crippen LogP contribution in [0.2, 0.25) is 5.02 Å². The van der Waals surface area contributed by atoms with Crippen LogP contribution in [0.3, 0.4) is 0 Å². The Kier molecular flexibility index (Phi) is 5.60. The topological polar surface area (TPSA) is 65.5 Å². The largest absolute Gasteiger partial charge is 0.370 e. The number of hydrogen-bond acceptors (Lipinski definition) is 5. The van der Waals surface area contributed by atoms with Crippen LogP contribution in [-0.2, 0) is 10.0 Å². The van der Waals surface area contributed by atoms with Gasteiger partial charge in [-0.05, 0) is 45.5 Å². The number of nitrogens with one attached hydrogen (secondary N) is 1. The smallest absolute Gasteiger partial charge is 0.268 e. The molecule has 168 valence electrons. The predicted octanol–water partition coefficient (Wildman–Crippen LogP) is 3.87. The first-order chi connectivity index (χ1) is 14.5. The number of halogens is 4. The van der Waals surface area contributed by atoms with Crippen molar-refractivity contribution in [2.75, 3.05) is 36.8 Å². The Morgan fingerprint density at radius 1 is 1.26 bits per heavy atom. The first-order valence-corrected chi connectivity index (χ1v) is 11.6. The fourth-order valence-corrected chi connectivity index (χ4v) is 6.23. The summed E-state index contributed by atoms with van der Waals surface area (Å²) >= 11 is 6.18. The molecule has 1 saturated carbocycles. The molecule has 1 aromatic carbocycles. The molecule has 2 atom stereocenters. The number of aromatic nitrogens is 1. The van der Waals surface area contributed by atoms with E-state index < -0.39 is 43.3 Å². The molecule has 1 aliphatic heterocycles. The van der Waals surface area contributed by atoms with Crippen molar-refractivity contribution in [2.45, 2.75) is 30.2 Å². The summed E-state index contributed by atoms with van der Waals surface area (Å²) in [7, 11) is -0.700. The van der Waals surface area contributed by atoms with E-state index in [2.05, 4.69) is 9.88 Å². The molecule has 6 nitrogen and oxygen atoms in total. The molecular weight excluding hydrogens is 453 g/mol. The van der Waals surface area contributed by atoms with Crippen molar-refractivity contribution in [2.24, 2.45) is 5.41 Å². The maximum absolute atomic E-state index is 15.0. The van der Waals surface area contributed by atoms with Crippen molar-refractivity contribution in [1.82, 2.24) is 9.88 Å². The van der Waals surface area contributed by atoms with Crippen molar-refractivity contribution in [1.29, 1.82) is 0 Å². The first kappa shape index (κ1) is 22.2. The van der Waals surface area contributed by atoms with Gasteiger partial charge in [-0.1, -0.05) is 17.7 Å². The number of nitrogens with zero attached hydrogens (tertiary/aromatic N) is 3. The molecule has 1 saturated heterocycles. The monoisotopic (exact) mass is 474 g/mol. The Balaban J connectivity index is 1.64. The van der Waals surface area contributed by atoms with Gasteiger partial charge in [0.2, 0.25) is 5.95 Å². The second kappa shape index (κ2) is 7.83. The van der Waals surface area contributed by atoms with Crippen molar-refractivity contribution < 1.29 is 21.6 Å². The number of sulfonamides is 1. The lowest BCUT2D eigenvalue weighted by Gasteiger charge is -2.50. The van der Waals surface area contributed by atoms with Gasteiger partial charge in [-0.15, -0.1) is 0 Å². The van der Waals surface area contributed by atoms with Crippen LogP contribution in [-0.4, -0.2) is 51.5 Å². The maximum Gasteiger partial charge on any atom is 0.268 e. The molecule has 1 aliphatic carbocycles. The van der Waals surface area contributed by atoms with Gasteiger partial charge in [0.25, 0.3) is 10.0 Å². The second-order valence-electron chi connectivity index (χ2n) is 8.34. The summed E-state index contributed by atoms with van der Waals surface area (Å²) in [5, 5.41) is -0.466. The van der Waals surface area contributed by atoms with E-state index in [1.807, 2.05) is 23.7 Å². The van der Waals surface area contributed by atoms with Crippen LogP contribution in [0.25, 0.3) is 0 Å². The first-order valence-electron chi connectivity index (χ1n) is 9.78. The molecule has 1 aromatic heterocycles. The van der Waals surface area contributed by atoms with E-state index in [-0.39, 0.29) is 11.1 Å². The van der Waals surface area contributed by atoms with E-state index in [4.69, 9.17) is 11.6 Å². The molecule has 0 radical (unpaired) electrons. The Labute approximate surface area is 184 Å².